The molecule has 0 spiro atoms. The van der Waals surface area contributed by atoms with Crippen LogP contribution in [0.15, 0.2) is 18.2 Å². The highest BCUT2D eigenvalue weighted by Crippen LogP contribution is 2.20. The standard InChI is InChI=1S/C13H14F5NO2/c1-8(19(4-5-20)7-13(16,17)18)12(21)10-3-2-9(14)6-11(10)15/h2-3,6,8,20H,4-5,7H2,1H3. The summed E-state index contributed by atoms with van der Waals surface area (Å²) in [5, 5.41) is 8.78. The number of ketones is 1. The Morgan fingerprint density at radius 3 is 2.43 bits per heavy atom. The van der Waals surface area contributed by atoms with E-state index in [1.54, 1.807) is 0 Å². The van der Waals surface area contributed by atoms with Crippen molar-refractivity contribution in [2.75, 3.05) is 19.7 Å². The summed E-state index contributed by atoms with van der Waals surface area (Å²) in [6, 6.07) is 0.913. The van der Waals surface area contributed by atoms with E-state index in [9.17, 15) is 26.7 Å². The van der Waals surface area contributed by atoms with Gasteiger partial charge in [-0.25, -0.2) is 8.78 Å². The molecule has 118 valence electrons. The van der Waals surface area contributed by atoms with Crippen molar-refractivity contribution in [2.24, 2.45) is 0 Å². The van der Waals surface area contributed by atoms with Gasteiger partial charge in [-0.1, -0.05) is 0 Å². The largest absolute Gasteiger partial charge is 0.401 e. The van der Waals surface area contributed by atoms with Gasteiger partial charge in [0, 0.05) is 12.6 Å². The highest BCUT2D eigenvalue weighted by molar-refractivity contribution is 6.00. The number of alkyl halides is 3. The number of carbonyl (C=O) groups is 1. The van der Waals surface area contributed by atoms with Gasteiger partial charge in [0.15, 0.2) is 5.78 Å². The van der Waals surface area contributed by atoms with E-state index in [-0.39, 0.29) is 0 Å². The second-order valence-corrected chi connectivity index (χ2v) is 4.47. The summed E-state index contributed by atoms with van der Waals surface area (Å²) in [7, 11) is 0. The summed E-state index contributed by atoms with van der Waals surface area (Å²) in [6.45, 7) is -1.22. The molecule has 21 heavy (non-hydrogen) atoms. The number of aliphatic hydroxyl groups is 1. The minimum Gasteiger partial charge on any atom is -0.395 e. The van der Waals surface area contributed by atoms with Crippen LogP contribution >= 0.6 is 0 Å². The first-order valence-corrected chi connectivity index (χ1v) is 6.06. The number of benzene rings is 1. The molecule has 8 heteroatoms. The quantitative estimate of drug-likeness (QED) is 0.648. The van der Waals surface area contributed by atoms with E-state index in [1.807, 2.05) is 0 Å². The fraction of sp³-hybridized carbons (Fsp3) is 0.462. The van der Waals surface area contributed by atoms with Gasteiger partial charge in [-0.3, -0.25) is 9.69 Å². The normalized spacial score (nSPS) is 13.5. The zero-order chi connectivity index (χ0) is 16.2. The minimum atomic E-state index is -4.56. The van der Waals surface area contributed by atoms with Crippen LogP contribution in [0, 0.1) is 11.6 Å². The van der Waals surface area contributed by atoms with Crippen LogP contribution in [0.3, 0.4) is 0 Å². The third-order valence-corrected chi connectivity index (χ3v) is 2.89. The van der Waals surface area contributed by atoms with Crippen LogP contribution < -0.4 is 0 Å². The molecule has 0 aliphatic rings. The smallest absolute Gasteiger partial charge is 0.395 e. The summed E-state index contributed by atoms with van der Waals surface area (Å²) in [4.78, 5) is 12.7. The SMILES string of the molecule is CC(C(=O)c1ccc(F)cc1F)N(CCO)CC(F)(F)F. The van der Waals surface area contributed by atoms with Crippen LogP contribution in [0.2, 0.25) is 0 Å². The van der Waals surface area contributed by atoms with Crippen molar-refractivity contribution in [1.82, 2.24) is 4.90 Å². The van der Waals surface area contributed by atoms with Crippen molar-refractivity contribution in [1.29, 1.82) is 0 Å². The first-order chi connectivity index (χ1) is 9.65. The number of hydrogen-bond acceptors (Lipinski definition) is 3. The molecule has 0 radical (unpaired) electrons. The van der Waals surface area contributed by atoms with Crippen molar-refractivity contribution in [3.63, 3.8) is 0 Å². The third-order valence-electron chi connectivity index (χ3n) is 2.89. The van der Waals surface area contributed by atoms with E-state index in [2.05, 4.69) is 0 Å². The molecule has 3 nitrogen and oxygen atoms in total. The van der Waals surface area contributed by atoms with Gasteiger partial charge in [0.1, 0.15) is 11.6 Å². The Morgan fingerprint density at radius 1 is 1.33 bits per heavy atom. The molecule has 0 aromatic heterocycles. The van der Waals surface area contributed by atoms with Crippen LogP contribution in [-0.4, -0.2) is 47.7 Å². The molecule has 1 atom stereocenters. The molecular weight excluding hydrogens is 297 g/mol. The van der Waals surface area contributed by atoms with E-state index in [1.165, 1.54) is 6.92 Å². The van der Waals surface area contributed by atoms with Crippen LogP contribution in [0.5, 0.6) is 0 Å². The number of rotatable bonds is 6. The highest BCUT2D eigenvalue weighted by Gasteiger charge is 2.35. The monoisotopic (exact) mass is 311 g/mol. The molecule has 0 saturated carbocycles. The van der Waals surface area contributed by atoms with Gasteiger partial charge in [0.05, 0.1) is 24.8 Å². The molecule has 1 N–H and O–H groups in total. The molecule has 0 amide bonds. The van der Waals surface area contributed by atoms with E-state index < -0.39 is 54.9 Å². The molecular formula is C13H14F5NO2. The fourth-order valence-corrected chi connectivity index (χ4v) is 1.85. The number of carbonyl (C=O) groups excluding carboxylic acids is 1. The maximum absolute atomic E-state index is 13.5. The summed E-state index contributed by atoms with van der Waals surface area (Å²) >= 11 is 0. The van der Waals surface area contributed by atoms with Crippen molar-refractivity contribution in [2.45, 2.75) is 19.1 Å². The predicted molar refractivity (Wildman–Crippen MR) is 64.9 cm³/mol. The van der Waals surface area contributed by atoms with Crippen molar-refractivity contribution >= 4 is 5.78 Å². The fourth-order valence-electron chi connectivity index (χ4n) is 1.85. The van der Waals surface area contributed by atoms with Gasteiger partial charge in [-0.05, 0) is 19.1 Å². The Kier molecular flexibility index (Phi) is 5.79. The first-order valence-electron chi connectivity index (χ1n) is 6.06. The number of aliphatic hydroxyl groups excluding tert-OH is 1. The molecule has 1 unspecified atom stereocenters. The van der Waals surface area contributed by atoms with Gasteiger partial charge in [-0.15, -0.1) is 0 Å². The summed E-state index contributed by atoms with van der Waals surface area (Å²) < 4.78 is 63.6. The van der Waals surface area contributed by atoms with Crippen molar-refractivity contribution < 1.29 is 31.9 Å². The van der Waals surface area contributed by atoms with Crippen LogP contribution in [0.4, 0.5) is 22.0 Å². The lowest BCUT2D eigenvalue weighted by molar-refractivity contribution is -0.149. The lowest BCUT2D eigenvalue weighted by atomic mass is 10.0. The molecule has 0 heterocycles. The summed E-state index contributed by atoms with van der Waals surface area (Å²) in [5.41, 5.74) is -0.492. The molecule has 1 aromatic rings. The summed E-state index contributed by atoms with van der Waals surface area (Å²) in [5.74, 6) is -2.94. The maximum atomic E-state index is 13.5. The average Bonchev–Trinajstić information content (AvgIpc) is 2.35. The van der Waals surface area contributed by atoms with Gasteiger partial charge < -0.3 is 5.11 Å². The maximum Gasteiger partial charge on any atom is 0.401 e. The summed E-state index contributed by atoms with van der Waals surface area (Å²) in [6.07, 6.45) is -4.56. The molecule has 1 aromatic carbocycles. The predicted octanol–water partition coefficient (Wildman–Crippen LogP) is 2.39. The number of hydrogen-bond donors (Lipinski definition) is 1. The van der Waals surface area contributed by atoms with Gasteiger partial charge >= 0.3 is 6.18 Å². The van der Waals surface area contributed by atoms with Crippen LogP contribution in [0.1, 0.15) is 17.3 Å². The number of halogens is 5. The Balaban J connectivity index is 2.96. The van der Waals surface area contributed by atoms with E-state index in [0.717, 1.165) is 12.1 Å². The van der Waals surface area contributed by atoms with Gasteiger partial charge in [-0.2, -0.15) is 13.2 Å². The topological polar surface area (TPSA) is 40.5 Å². The van der Waals surface area contributed by atoms with Gasteiger partial charge in [0.2, 0.25) is 0 Å². The molecule has 0 fully saturated rings. The Bertz CT molecular complexity index is 504. The first kappa shape index (κ1) is 17.5. The third kappa shape index (κ3) is 5.05. The molecule has 0 bridgehead atoms. The minimum absolute atomic E-state index is 0.394. The lowest BCUT2D eigenvalue weighted by Gasteiger charge is -2.28. The Labute approximate surface area is 118 Å². The number of nitrogens with zero attached hydrogens (tertiary/aromatic N) is 1. The molecule has 1 rings (SSSR count). The van der Waals surface area contributed by atoms with Crippen molar-refractivity contribution in [3.8, 4) is 0 Å². The van der Waals surface area contributed by atoms with Gasteiger partial charge in [0.25, 0.3) is 0 Å². The average molecular weight is 311 g/mol. The Hall–Kier alpha value is -1.54. The van der Waals surface area contributed by atoms with Crippen LogP contribution in [0.25, 0.3) is 0 Å². The second-order valence-electron chi connectivity index (χ2n) is 4.47. The molecule has 0 saturated heterocycles. The Morgan fingerprint density at radius 2 is 1.95 bits per heavy atom. The van der Waals surface area contributed by atoms with E-state index in [0.29, 0.717) is 11.0 Å². The molecule has 0 aliphatic carbocycles. The zero-order valence-corrected chi connectivity index (χ0v) is 11.1. The zero-order valence-electron chi connectivity index (χ0n) is 11.1. The van der Waals surface area contributed by atoms with Crippen LogP contribution in [-0.2, 0) is 0 Å². The second kappa shape index (κ2) is 6.95. The lowest BCUT2D eigenvalue weighted by Crippen LogP contribution is -2.45. The number of Topliss-reactive ketones (excluding diaryl/α,β-unsaturated/α-hetero) is 1. The van der Waals surface area contributed by atoms with E-state index in [4.69, 9.17) is 5.11 Å². The van der Waals surface area contributed by atoms with Crippen molar-refractivity contribution in [3.05, 3.63) is 35.4 Å². The molecule has 0 aliphatic heterocycles. The highest BCUT2D eigenvalue weighted by atomic mass is 19.4. The van der Waals surface area contributed by atoms with E-state index >= 15 is 0 Å².